The molecular weight excluding hydrogens is 645 g/mol. The molecule has 0 aliphatic heterocycles. The van der Waals surface area contributed by atoms with Gasteiger partial charge in [-0.05, 0) is 128 Å². The van der Waals surface area contributed by atoms with Crippen LogP contribution in [0.4, 0.5) is 0 Å². The number of ether oxygens (including phenoxy) is 1. The van der Waals surface area contributed by atoms with Crippen LogP contribution in [0.5, 0.6) is 0 Å². The molecule has 0 aromatic carbocycles. The quantitative estimate of drug-likeness (QED) is 0.0707. The third-order valence-electron chi connectivity index (χ3n) is 18.9. The average Bonchev–Trinajstić information content (AvgIpc) is 3.47. The summed E-state index contributed by atoms with van der Waals surface area (Å²) in [5.41, 5.74) is 3.39. The number of unbranched alkanes of at least 4 members (excludes halogenated alkanes) is 16. The molecule has 5 aliphatic rings. The highest BCUT2D eigenvalue weighted by Gasteiger charge is 2.74. The Balaban J connectivity index is 1.04. The molecule has 0 spiro atoms. The van der Waals surface area contributed by atoms with Gasteiger partial charge in [0, 0.05) is 11.8 Å². The summed E-state index contributed by atoms with van der Waals surface area (Å²) in [6, 6.07) is 0. The number of allylic oxidation sites excluding steroid dienone is 1. The van der Waals surface area contributed by atoms with E-state index in [2.05, 4.69) is 68.9 Å². The fourth-order valence-electron chi connectivity index (χ4n) is 15.6. The molecule has 10 atom stereocenters. The second kappa shape index (κ2) is 17.8. The summed E-state index contributed by atoms with van der Waals surface area (Å²) in [6.45, 7) is 27.8. The minimum absolute atomic E-state index is 0.0293. The van der Waals surface area contributed by atoms with Gasteiger partial charge in [-0.2, -0.15) is 0 Å². The van der Waals surface area contributed by atoms with Gasteiger partial charge in [0.2, 0.25) is 0 Å². The van der Waals surface area contributed by atoms with E-state index in [9.17, 15) is 4.79 Å². The molecule has 0 bridgehead atoms. The predicted octanol–water partition coefficient (Wildman–Crippen LogP) is 16.0. The minimum Gasteiger partial charge on any atom is -0.462 e. The molecule has 5 rings (SSSR count). The third-order valence-corrected chi connectivity index (χ3v) is 18.9. The van der Waals surface area contributed by atoms with Crippen LogP contribution >= 0.6 is 0 Å². The summed E-state index contributed by atoms with van der Waals surface area (Å²) in [5.74, 6) is 2.93. The van der Waals surface area contributed by atoms with Crippen molar-refractivity contribution in [3.8, 4) is 0 Å². The van der Waals surface area contributed by atoms with E-state index >= 15 is 0 Å². The molecule has 0 heterocycles. The zero-order chi connectivity index (χ0) is 38.5. The maximum absolute atomic E-state index is 13.3. The molecule has 306 valence electrons. The lowest BCUT2D eigenvalue weighted by molar-refractivity contribution is -0.277. The molecule has 2 nitrogen and oxygen atoms in total. The second-order valence-electron chi connectivity index (χ2n) is 22.2. The van der Waals surface area contributed by atoms with Gasteiger partial charge in [0.25, 0.3) is 0 Å². The summed E-state index contributed by atoms with van der Waals surface area (Å²) in [7, 11) is 0. The first-order chi connectivity index (χ1) is 25.1. The number of esters is 1. The monoisotopic (exact) mass is 735 g/mol. The van der Waals surface area contributed by atoms with E-state index in [-0.39, 0.29) is 17.5 Å². The van der Waals surface area contributed by atoms with Gasteiger partial charge in [0.05, 0.1) is 0 Å². The maximum Gasteiger partial charge on any atom is 0.306 e. The molecule has 0 amide bonds. The average molecular weight is 735 g/mol. The predicted molar refractivity (Wildman–Crippen MR) is 228 cm³/mol. The van der Waals surface area contributed by atoms with Crippen LogP contribution in [0.25, 0.3) is 0 Å². The van der Waals surface area contributed by atoms with Crippen molar-refractivity contribution in [2.75, 3.05) is 0 Å². The molecule has 3 unspecified atom stereocenters. The van der Waals surface area contributed by atoms with E-state index < -0.39 is 0 Å². The molecule has 0 aromatic rings. The molecule has 0 radical (unpaired) electrons. The molecule has 0 N–H and O–H groups in total. The fourth-order valence-corrected chi connectivity index (χ4v) is 15.6. The smallest absolute Gasteiger partial charge is 0.306 e. The standard InChI is InChI=1S/C51H90O2/c1-11-12-13-14-15-16-17-18-19-20-21-22-23-24-25-26-27-28-44(52)53-43-32-34-48(7)41(46(43,4)5)30-35-49(8)42(48)31-36-50(9)45-40(39(2)3)29-33-47(45,6)37-38-51(49,50)10/h40-43,45H,2,11-38H2,1,3-10H3/t40-,41?,42?,43-,45?,47+,48-,49+,50+,51-/m0/s1. The zero-order valence-electron chi connectivity index (χ0n) is 37.2. The summed E-state index contributed by atoms with van der Waals surface area (Å²) >= 11 is 0. The van der Waals surface area contributed by atoms with Crippen LogP contribution in [-0.4, -0.2) is 12.1 Å². The number of carbonyl (C=O) groups is 1. The number of hydrogen-bond acceptors (Lipinski definition) is 2. The Labute approximate surface area is 331 Å². The molecule has 5 fully saturated rings. The van der Waals surface area contributed by atoms with Crippen LogP contribution in [0.15, 0.2) is 12.2 Å². The molecule has 53 heavy (non-hydrogen) atoms. The van der Waals surface area contributed by atoms with Crippen molar-refractivity contribution in [1.82, 2.24) is 0 Å². The maximum atomic E-state index is 13.3. The van der Waals surface area contributed by atoms with Crippen LogP contribution in [0.1, 0.15) is 242 Å². The Morgan fingerprint density at radius 3 is 1.64 bits per heavy atom. The molecule has 5 saturated carbocycles. The minimum atomic E-state index is 0.0293. The first kappa shape index (κ1) is 43.3. The van der Waals surface area contributed by atoms with E-state index in [1.807, 2.05) is 0 Å². The SMILES string of the molecule is C=C(C)[C@@H]1CC[C@]2(C)CC[C@]3(C)[C@](C)(CCC4[C@@]5(C)CC[C@H](OC(=O)CCCCCCCCCCCCCCCCCCC)C(C)(C)C5CC[C@]43C)C12. The van der Waals surface area contributed by atoms with Gasteiger partial charge in [-0.1, -0.05) is 170 Å². The van der Waals surface area contributed by atoms with Crippen molar-refractivity contribution in [2.45, 2.75) is 248 Å². The normalized spacial score (nSPS) is 40.1. The number of carbonyl (C=O) groups excluding carboxylic acids is 1. The topological polar surface area (TPSA) is 26.3 Å². The van der Waals surface area contributed by atoms with Crippen molar-refractivity contribution in [1.29, 1.82) is 0 Å². The van der Waals surface area contributed by atoms with Gasteiger partial charge in [-0.15, -0.1) is 0 Å². The van der Waals surface area contributed by atoms with Crippen LogP contribution in [0.2, 0.25) is 0 Å². The second-order valence-corrected chi connectivity index (χ2v) is 22.2. The van der Waals surface area contributed by atoms with Gasteiger partial charge < -0.3 is 4.74 Å². The highest BCUT2D eigenvalue weighted by molar-refractivity contribution is 5.69. The number of rotatable bonds is 20. The lowest BCUT2D eigenvalue weighted by atomic mass is 9.29. The van der Waals surface area contributed by atoms with Crippen molar-refractivity contribution >= 4 is 5.97 Å². The van der Waals surface area contributed by atoms with Crippen LogP contribution in [0.3, 0.4) is 0 Å². The van der Waals surface area contributed by atoms with Crippen LogP contribution in [-0.2, 0) is 9.53 Å². The molecule has 5 aliphatic carbocycles. The van der Waals surface area contributed by atoms with Gasteiger partial charge in [0.15, 0.2) is 0 Å². The number of hydrogen-bond donors (Lipinski definition) is 0. The summed E-state index contributed by atoms with van der Waals surface area (Å²) in [6.07, 6.45) is 37.1. The first-order valence-electron chi connectivity index (χ1n) is 24.0. The molecular formula is C51H90O2. The molecule has 0 saturated heterocycles. The molecule has 0 aromatic heterocycles. The summed E-state index contributed by atoms with van der Waals surface area (Å²) in [5, 5.41) is 0. The van der Waals surface area contributed by atoms with Crippen molar-refractivity contribution in [3.05, 3.63) is 12.2 Å². The fraction of sp³-hybridized carbons (Fsp3) is 0.941. The van der Waals surface area contributed by atoms with Gasteiger partial charge in [0.1, 0.15) is 6.10 Å². The van der Waals surface area contributed by atoms with Gasteiger partial charge >= 0.3 is 5.97 Å². The van der Waals surface area contributed by atoms with E-state index in [0.29, 0.717) is 45.3 Å². The molecule has 2 heteroatoms. The van der Waals surface area contributed by atoms with E-state index in [4.69, 9.17) is 4.74 Å². The summed E-state index contributed by atoms with van der Waals surface area (Å²) < 4.78 is 6.46. The van der Waals surface area contributed by atoms with Crippen LogP contribution in [0, 0.1) is 56.2 Å². The van der Waals surface area contributed by atoms with Crippen LogP contribution < -0.4 is 0 Å². The Morgan fingerprint density at radius 1 is 0.585 bits per heavy atom. The highest BCUT2D eigenvalue weighted by atomic mass is 16.5. The Kier molecular flexibility index (Phi) is 14.5. The van der Waals surface area contributed by atoms with Gasteiger partial charge in [-0.3, -0.25) is 4.79 Å². The van der Waals surface area contributed by atoms with E-state index in [0.717, 1.165) is 24.7 Å². The largest absolute Gasteiger partial charge is 0.462 e. The Bertz CT molecular complexity index is 1200. The van der Waals surface area contributed by atoms with E-state index in [1.165, 1.54) is 166 Å². The lowest BCUT2D eigenvalue weighted by Gasteiger charge is -2.76. The third kappa shape index (κ3) is 8.44. The van der Waals surface area contributed by atoms with Crippen molar-refractivity contribution < 1.29 is 9.53 Å². The lowest BCUT2D eigenvalue weighted by Crippen LogP contribution is -2.69. The highest BCUT2D eigenvalue weighted by Crippen LogP contribution is 2.81. The summed E-state index contributed by atoms with van der Waals surface area (Å²) in [4.78, 5) is 13.3. The van der Waals surface area contributed by atoms with Crippen molar-refractivity contribution in [2.24, 2.45) is 56.2 Å². The first-order valence-corrected chi connectivity index (χ1v) is 24.0. The Hall–Kier alpha value is -0.790. The van der Waals surface area contributed by atoms with Gasteiger partial charge in [-0.25, -0.2) is 0 Å². The number of fused-ring (bicyclic) bond motifs is 7. The van der Waals surface area contributed by atoms with Crippen molar-refractivity contribution in [3.63, 3.8) is 0 Å². The van der Waals surface area contributed by atoms with E-state index in [1.54, 1.807) is 0 Å². The zero-order valence-corrected chi connectivity index (χ0v) is 37.2. The Morgan fingerprint density at radius 2 is 1.09 bits per heavy atom.